The predicted molar refractivity (Wildman–Crippen MR) is 161 cm³/mol. The Balaban J connectivity index is 2.60. The van der Waals surface area contributed by atoms with Crippen LogP contribution in [0.1, 0.15) is 61.1 Å². The second-order valence-corrected chi connectivity index (χ2v) is 11.7. The van der Waals surface area contributed by atoms with Crippen molar-refractivity contribution in [3.05, 3.63) is 76.9 Å². The second kappa shape index (κ2) is 14.2. The van der Waals surface area contributed by atoms with E-state index in [1.165, 1.54) is 4.90 Å². The molecule has 8 heteroatoms. The Hall–Kier alpha value is -3.26. The van der Waals surface area contributed by atoms with E-state index in [1.807, 2.05) is 70.3 Å². The molecule has 7 nitrogen and oxygen atoms in total. The number of benzene rings is 2. The van der Waals surface area contributed by atoms with Gasteiger partial charge in [0.25, 0.3) is 5.91 Å². The molecule has 0 saturated heterocycles. The molecule has 0 bridgehead atoms. The number of alkyl carbamates (subject to hydrolysis) is 1. The van der Waals surface area contributed by atoms with Gasteiger partial charge < -0.3 is 20.3 Å². The monoisotopic (exact) mass is 553 g/mol. The lowest BCUT2D eigenvalue weighted by Gasteiger charge is -2.35. The van der Waals surface area contributed by atoms with Gasteiger partial charge in [0.2, 0.25) is 5.91 Å². The summed E-state index contributed by atoms with van der Waals surface area (Å²) in [5.41, 5.74) is 4.38. The molecule has 2 unspecified atom stereocenters. The first-order valence-electron chi connectivity index (χ1n) is 13.1. The van der Waals surface area contributed by atoms with Crippen LogP contribution in [0.15, 0.2) is 49.1 Å². The highest BCUT2D eigenvalue weighted by atomic mass is 32.2. The predicted octanol–water partition coefficient (Wildman–Crippen LogP) is 6.26. The molecular weight excluding hydrogens is 510 g/mol. The van der Waals surface area contributed by atoms with E-state index in [9.17, 15) is 14.4 Å². The summed E-state index contributed by atoms with van der Waals surface area (Å²) in [6.07, 6.45) is 3.24. The topological polar surface area (TPSA) is 87.7 Å². The summed E-state index contributed by atoms with van der Waals surface area (Å²) in [5, 5.41) is 5.85. The minimum absolute atomic E-state index is 0.114. The summed E-state index contributed by atoms with van der Waals surface area (Å²) in [5.74, 6) is -0.0726. The fraction of sp³-hybridized carbons (Fsp3) is 0.452. The largest absolute Gasteiger partial charge is 0.444 e. The zero-order valence-electron chi connectivity index (χ0n) is 24.5. The van der Waals surface area contributed by atoms with Crippen LogP contribution >= 0.6 is 11.8 Å². The van der Waals surface area contributed by atoms with Crippen LogP contribution in [0.5, 0.6) is 0 Å². The normalized spacial score (nSPS) is 12.7. The van der Waals surface area contributed by atoms with Crippen LogP contribution in [0.3, 0.4) is 0 Å². The van der Waals surface area contributed by atoms with Gasteiger partial charge in [0, 0.05) is 12.2 Å². The molecule has 0 radical (unpaired) electrons. The minimum Gasteiger partial charge on any atom is -0.444 e. The van der Waals surface area contributed by atoms with E-state index in [2.05, 4.69) is 17.2 Å². The standard InChI is InChI=1S/C31H43N3O4S/c1-10-18-34(29(36)24(17-19-39-9)32-30(37)38-31(6,7)8)27(25-20(2)13-11-14-21(25)3)28(35)33-26-22(4)15-12-16-23(26)5/h10-16,24,27H,1,17-19H2,2-9H3,(H,32,37)(H,33,35). The zero-order valence-corrected chi connectivity index (χ0v) is 25.3. The van der Waals surface area contributed by atoms with Crippen molar-refractivity contribution < 1.29 is 19.1 Å². The summed E-state index contributed by atoms with van der Waals surface area (Å²) < 4.78 is 5.45. The molecule has 0 aliphatic rings. The van der Waals surface area contributed by atoms with E-state index < -0.39 is 23.8 Å². The lowest BCUT2D eigenvalue weighted by atomic mass is 9.93. The van der Waals surface area contributed by atoms with Crippen LogP contribution in [0, 0.1) is 27.7 Å². The highest BCUT2D eigenvalue weighted by Crippen LogP contribution is 2.31. The maximum absolute atomic E-state index is 14.2. The first kappa shape index (κ1) is 32.0. The van der Waals surface area contributed by atoms with Gasteiger partial charge in [-0.2, -0.15) is 11.8 Å². The highest BCUT2D eigenvalue weighted by molar-refractivity contribution is 7.98. The number of anilines is 1. The number of rotatable bonds is 11. The van der Waals surface area contributed by atoms with Gasteiger partial charge in [-0.1, -0.05) is 42.5 Å². The van der Waals surface area contributed by atoms with Crippen LogP contribution in [0.25, 0.3) is 0 Å². The lowest BCUT2D eigenvalue weighted by Crippen LogP contribution is -2.52. The Kier molecular flexibility index (Phi) is 11.6. The van der Waals surface area contributed by atoms with Crippen molar-refractivity contribution in [3.63, 3.8) is 0 Å². The van der Waals surface area contributed by atoms with Crippen LogP contribution in [0.2, 0.25) is 0 Å². The minimum atomic E-state index is -0.951. The van der Waals surface area contributed by atoms with Crippen molar-refractivity contribution >= 4 is 35.4 Å². The Labute approximate surface area is 237 Å². The third kappa shape index (κ3) is 8.88. The van der Waals surface area contributed by atoms with Crippen LogP contribution in [0.4, 0.5) is 10.5 Å². The van der Waals surface area contributed by atoms with Gasteiger partial charge in [-0.3, -0.25) is 9.59 Å². The van der Waals surface area contributed by atoms with Crippen LogP contribution in [-0.2, 0) is 14.3 Å². The number of aryl methyl sites for hydroxylation is 4. The smallest absolute Gasteiger partial charge is 0.408 e. The number of carbonyl (C=O) groups excluding carboxylic acids is 3. The van der Waals surface area contributed by atoms with Crippen molar-refractivity contribution in [3.8, 4) is 0 Å². The molecule has 0 heterocycles. The molecule has 3 amide bonds. The summed E-state index contributed by atoms with van der Waals surface area (Å²) in [4.78, 5) is 42.5. The molecule has 0 aliphatic heterocycles. The summed E-state index contributed by atoms with van der Waals surface area (Å²) >= 11 is 1.57. The highest BCUT2D eigenvalue weighted by Gasteiger charge is 2.37. The van der Waals surface area contributed by atoms with Gasteiger partial charge >= 0.3 is 6.09 Å². The number of ether oxygens (including phenoxy) is 1. The lowest BCUT2D eigenvalue weighted by molar-refractivity contribution is -0.140. The maximum Gasteiger partial charge on any atom is 0.408 e. The summed E-state index contributed by atoms with van der Waals surface area (Å²) in [6, 6.07) is 9.78. The van der Waals surface area contributed by atoms with Gasteiger partial charge in [-0.05, 0) is 94.7 Å². The molecule has 2 N–H and O–H groups in total. The molecule has 0 fully saturated rings. The van der Waals surface area contributed by atoms with Gasteiger partial charge in [0.15, 0.2) is 0 Å². The Morgan fingerprint density at radius 1 is 1.00 bits per heavy atom. The van der Waals surface area contributed by atoms with Gasteiger partial charge in [0.05, 0.1) is 0 Å². The van der Waals surface area contributed by atoms with Crippen molar-refractivity contribution in [2.75, 3.05) is 23.9 Å². The Morgan fingerprint density at radius 2 is 1.54 bits per heavy atom. The summed E-state index contributed by atoms with van der Waals surface area (Å²) in [7, 11) is 0. The average molecular weight is 554 g/mol. The number of nitrogens with zero attached hydrogens (tertiary/aromatic N) is 1. The van der Waals surface area contributed by atoms with Gasteiger partial charge in [-0.15, -0.1) is 6.58 Å². The third-order valence-corrected chi connectivity index (χ3v) is 6.96. The van der Waals surface area contributed by atoms with Crippen LogP contribution in [-0.4, -0.2) is 53.0 Å². The molecule has 0 aromatic heterocycles. The molecule has 2 atom stereocenters. The first-order valence-corrected chi connectivity index (χ1v) is 14.5. The number of nitrogens with one attached hydrogen (secondary N) is 2. The second-order valence-electron chi connectivity index (χ2n) is 10.7. The van der Waals surface area contributed by atoms with E-state index in [1.54, 1.807) is 38.6 Å². The first-order chi connectivity index (χ1) is 18.3. The molecule has 0 aliphatic carbocycles. The van der Waals surface area contributed by atoms with Gasteiger partial charge in [0.1, 0.15) is 17.7 Å². The van der Waals surface area contributed by atoms with Crippen molar-refractivity contribution in [2.24, 2.45) is 0 Å². The number of thioether (sulfide) groups is 1. The Bertz CT molecular complexity index is 1150. The molecule has 0 spiro atoms. The van der Waals surface area contributed by atoms with E-state index in [-0.39, 0.29) is 18.4 Å². The summed E-state index contributed by atoms with van der Waals surface area (Å²) in [6.45, 7) is 17.0. The number of hydrogen-bond acceptors (Lipinski definition) is 5. The Morgan fingerprint density at radius 3 is 2.03 bits per heavy atom. The average Bonchev–Trinajstić information content (AvgIpc) is 2.83. The molecule has 212 valence electrons. The molecule has 2 aromatic rings. The van der Waals surface area contributed by atoms with Crippen molar-refractivity contribution in [1.29, 1.82) is 0 Å². The number of carbonyl (C=O) groups is 3. The van der Waals surface area contributed by atoms with E-state index >= 15 is 0 Å². The van der Waals surface area contributed by atoms with Crippen molar-refractivity contribution in [1.82, 2.24) is 10.2 Å². The molecule has 39 heavy (non-hydrogen) atoms. The molecule has 2 rings (SSSR count). The zero-order chi connectivity index (χ0) is 29.3. The molecular formula is C31H43N3O4S. The maximum atomic E-state index is 14.2. The fourth-order valence-electron chi connectivity index (χ4n) is 4.50. The quantitative estimate of drug-likeness (QED) is 0.321. The molecule has 2 aromatic carbocycles. The number of amides is 3. The van der Waals surface area contributed by atoms with Gasteiger partial charge in [-0.25, -0.2) is 4.79 Å². The van der Waals surface area contributed by atoms with E-state index in [0.29, 0.717) is 12.2 Å². The van der Waals surface area contributed by atoms with Crippen LogP contribution < -0.4 is 10.6 Å². The number of para-hydroxylation sites is 1. The fourth-order valence-corrected chi connectivity index (χ4v) is 4.97. The van der Waals surface area contributed by atoms with Crippen molar-refractivity contribution in [2.45, 2.75) is 72.6 Å². The third-order valence-electron chi connectivity index (χ3n) is 6.31. The SMILES string of the molecule is C=CCN(C(=O)C(CCSC)NC(=O)OC(C)(C)C)C(C(=O)Nc1c(C)cccc1C)c1c(C)cccc1C. The number of hydrogen-bond donors (Lipinski definition) is 2. The van der Waals surface area contributed by atoms with E-state index in [4.69, 9.17) is 4.74 Å². The molecule has 0 saturated carbocycles. The van der Waals surface area contributed by atoms with E-state index in [0.717, 1.165) is 33.5 Å².